The number of rotatable bonds is 5. The molecule has 0 aliphatic carbocycles. The van der Waals surface area contributed by atoms with Gasteiger partial charge in [-0.05, 0) is 36.4 Å². The molecule has 0 spiro atoms. The van der Waals surface area contributed by atoms with Crippen molar-refractivity contribution in [1.29, 1.82) is 0 Å². The Kier molecular flexibility index (Phi) is 4.93. The van der Waals surface area contributed by atoms with Crippen LogP contribution in [0.15, 0.2) is 42.5 Å². The van der Waals surface area contributed by atoms with Crippen LogP contribution >= 0.6 is 0 Å². The fourth-order valence-electron chi connectivity index (χ4n) is 1.80. The SMILES string of the molecule is O=C(CCC(=O)c1ccc(F)cc1)Nc1ccc(F)c(F)c1. The quantitative estimate of drug-likeness (QED) is 0.856. The van der Waals surface area contributed by atoms with Crippen molar-refractivity contribution in [1.82, 2.24) is 0 Å². The Morgan fingerprint density at radius 2 is 1.55 bits per heavy atom. The van der Waals surface area contributed by atoms with Gasteiger partial charge in [0.1, 0.15) is 5.82 Å². The third-order valence-electron chi connectivity index (χ3n) is 2.95. The minimum absolute atomic E-state index is 0.0683. The average Bonchev–Trinajstić information content (AvgIpc) is 2.49. The van der Waals surface area contributed by atoms with E-state index in [1.807, 2.05) is 0 Å². The molecule has 1 amide bonds. The number of hydrogen-bond donors (Lipinski definition) is 1. The largest absolute Gasteiger partial charge is 0.326 e. The van der Waals surface area contributed by atoms with E-state index < -0.39 is 23.4 Å². The molecule has 2 rings (SSSR count). The van der Waals surface area contributed by atoms with Crippen molar-refractivity contribution in [3.8, 4) is 0 Å². The van der Waals surface area contributed by atoms with E-state index in [9.17, 15) is 22.8 Å². The lowest BCUT2D eigenvalue weighted by Crippen LogP contribution is -2.13. The maximum atomic E-state index is 13.0. The van der Waals surface area contributed by atoms with Crippen LogP contribution in [0.2, 0.25) is 0 Å². The standard InChI is InChI=1S/C16H12F3NO2/c17-11-3-1-10(2-4-11)15(21)7-8-16(22)20-12-5-6-13(18)14(19)9-12/h1-6,9H,7-8H2,(H,20,22). The summed E-state index contributed by atoms with van der Waals surface area (Å²) in [6.07, 6.45) is -0.184. The number of anilines is 1. The van der Waals surface area contributed by atoms with Gasteiger partial charge in [-0.1, -0.05) is 0 Å². The van der Waals surface area contributed by atoms with Gasteiger partial charge >= 0.3 is 0 Å². The molecule has 114 valence electrons. The van der Waals surface area contributed by atoms with Gasteiger partial charge in [-0.2, -0.15) is 0 Å². The molecule has 1 N–H and O–H groups in total. The van der Waals surface area contributed by atoms with Crippen molar-refractivity contribution >= 4 is 17.4 Å². The van der Waals surface area contributed by atoms with Gasteiger partial charge in [0.05, 0.1) is 0 Å². The van der Waals surface area contributed by atoms with Gasteiger partial charge in [0.25, 0.3) is 0 Å². The van der Waals surface area contributed by atoms with Crippen molar-refractivity contribution in [2.45, 2.75) is 12.8 Å². The molecule has 0 radical (unpaired) electrons. The molecular formula is C16H12F3NO2. The van der Waals surface area contributed by atoms with Gasteiger partial charge in [-0.25, -0.2) is 13.2 Å². The smallest absolute Gasteiger partial charge is 0.224 e. The molecule has 0 aliphatic rings. The molecule has 0 bridgehead atoms. The Hall–Kier alpha value is -2.63. The van der Waals surface area contributed by atoms with Crippen LogP contribution in [0.1, 0.15) is 23.2 Å². The second kappa shape index (κ2) is 6.89. The van der Waals surface area contributed by atoms with Gasteiger partial charge in [-0.3, -0.25) is 9.59 Å². The highest BCUT2D eigenvalue weighted by atomic mass is 19.2. The van der Waals surface area contributed by atoms with E-state index in [2.05, 4.69) is 5.32 Å². The van der Waals surface area contributed by atoms with Gasteiger partial charge in [-0.15, -0.1) is 0 Å². The average molecular weight is 307 g/mol. The van der Waals surface area contributed by atoms with Crippen molar-refractivity contribution in [3.63, 3.8) is 0 Å². The van der Waals surface area contributed by atoms with E-state index in [0.717, 1.165) is 24.3 Å². The summed E-state index contributed by atoms with van der Waals surface area (Å²) in [7, 11) is 0. The molecule has 3 nitrogen and oxygen atoms in total. The number of ketones is 1. The van der Waals surface area contributed by atoms with Crippen LogP contribution < -0.4 is 5.32 Å². The summed E-state index contributed by atoms with van der Waals surface area (Å²) in [5, 5.41) is 2.37. The van der Waals surface area contributed by atoms with Gasteiger partial charge in [0.2, 0.25) is 5.91 Å². The second-order valence-corrected chi connectivity index (χ2v) is 4.61. The highest BCUT2D eigenvalue weighted by Gasteiger charge is 2.10. The van der Waals surface area contributed by atoms with Crippen LogP contribution in [0.3, 0.4) is 0 Å². The summed E-state index contributed by atoms with van der Waals surface area (Å²) >= 11 is 0. The van der Waals surface area contributed by atoms with Gasteiger partial charge in [0, 0.05) is 30.2 Å². The number of carbonyl (C=O) groups is 2. The summed E-state index contributed by atoms with van der Waals surface area (Å²) in [5.74, 6) is -3.33. The predicted molar refractivity (Wildman–Crippen MR) is 75.0 cm³/mol. The normalized spacial score (nSPS) is 10.3. The summed E-state index contributed by atoms with van der Waals surface area (Å²) in [6, 6.07) is 7.97. The number of halogens is 3. The van der Waals surface area contributed by atoms with Crippen LogP contribution in [-0.2, 0) is 4.79 Å². The number of carbonyl (C=O) groups excluding carboxylic acids is 2. The number of Topliss-reactive ketones (excluding diaryl/α,β-unsaturated/α-hetero) is 1. The van der Waals surface area contributed by atoms with E-state index in [4.69, 9.17) is 0 Å². The molecule has 2 aromatic rings. The molecule has 0 saturated heterocycles. The molecule has 6 heteroatoms. The van der Waals surface area contributed by atoms with E-state index in [0.29, 0.717) is 5.56 Å². The number of benzene rings is 2. The van der Waals surface area contributed by atoms with Gasteiger partial charge in [0.15, 0.2) is 17.4 Å². The Balaban J connectivity index is 1.88. The van der Waals surface area contributed by atoms with E-state index in [-0.39, 0.29) is 24.3 Å². The van der Waals surface area contributed by atoms with Crippen LogP contribution in [0.25, 0.3) is 0 Å². The zero-order chi connectivity index (χ0) is 16.1. The van der Waals surface area contributed by atoms with Crippen molar-refractivity contribution in [2.75, 3.05) is 5.32 Å². The summed E-state index contributed by atoms with van der Waals surface area (Å²) in [4.78, 5) is 23.5. The number of hydrogen-bond acceptors (Lipinski definition) is 2. The Labute approximate surface area is 124 Å². The van der Waals surface area contributed by atoms with Crippen molar-refractivity contribution in [3.05, 3.63) is 65.5 Å². The topological polar surface area (TPSA) is 46.2 Å². The van der Waals surface area contributed by atoms with Crippen LogP contribution in [-0.4, -0.2) is 11.7 Å². The number of amides is 1. The summed E-state index contributed by atoms with van der Waals surface area (Å²) in [6.45, 7) is 0. The minimum atomic E-state index is -1.07. The molecular weight excluding hydrogens is 295 g/mol. The molecule has 2 aromatic carbocycles. The van der Waals surface area contributed by atoms with Gasteiger partial charge < -0.3 is 5.32 Å². The van der Waals surface area contributed by atoms with Crippen LogP contribution in [0, 0.1) is 17.5 Å². The molecule has 0 aliphatic heterocycles. The molecule has 0 unspecified atom stereocenters. The van der Waals surface area contributed by atoms with Crippen LogP contribution in [0.4, 0.5) is 18.9 Å². The monoisotopic (exact) mass is 307 g/mol. The molecule has 0 atom stereocenters. The predicted octanol–water partition coefficient (Wildman–Crippen LogP) is 3.71. The maximum Gasteiger partial charge on any atom is 0.224 e. The first-order chi connectivity index (χ1) is 10.5. The fourth-order valence-corrected chi connectivity index (χ4v) is 1.80. The third kappa shape index (κ3) is 4.18. The van der Waals surface area contributed by atoms with Crippen molar-refractivity contribution < 1.29 is 22.8 Å². The zero-order valence-corrected chi connectivity index (χ0v) is 11.4. The zero-order valence-electron chi connectivity index (χ0n) is 11.4. The van der Waals surface area contributed by atoms with E-state index >= 15 is 0 Å². The maximum absolute atomic E-state index is 13.0. The fraction of sp³-hybridized carbons (Fsp3) is 0.125. The minimum Gasteiger partial charge on any atom is -0.326 e. The van der Waals surface area contributed by atoms with E-state index in [1.54, 1.807) is 0 Å². The Morgan fingerprint density at radius 3 is 2.18 bits per heavy atom. The molecule has 0 heterocycles. The Bertz CT molecular complexity index is 699. The lowest BCUT2D eigenvalue weighted by molar-refractivity contribution is -0.116. The molecule has 22 heavy (non-hydrogen) atoms. The van der Waals surface area contributed by atoms with Crippen molar-refractivity contribution in [2.24, 2.45) is 0 Å². The molecule has 0 saturated carbocycles. The summed E-state index contributed by atoms with van der Waals surface area (Å²) in [5.41, 5.74) is 0.417. The molecule has 0 aromatic heterocycles. The summed E-state index contributed by atoms with van der Waals surface area (Å²) < 4.78 is 38.5. The van der Waals surface area contributed by atoms with Crippen LogP contribution in [0.5, 0.6) is 0 Å². The second-order valence-electron chi connectivity index (χ2n) is 4.61. The first-order valence-corrected chi connectivity index (χ1v) is 6.49. The first-order valence-electron chi connectivity index (χ1n) is 6.49. The Morgan fingerprint density at radius 1 is 0.864 bits per heavy atom. The lowest BCUT2D eigenvalue weighted by atomic mass is 10.1. The highest BCUT2D eigenvalue weighted by Crippen LogP contribution is 2.14. The lowest BCUT2D eigenvalue weighted by Gasteiger charge is -2.05. The molecule has 0 fully saturated rings. The van der Waals surface area contributed by atoms with E-state index in [1.165, 1.54) is 18.2 Å². The number of nitrogens with one attached hydrogen (secondary N) is 1. The third-order valence-corrected chi connectivity index (χ3v) is 2.95. The first kappa shape index (κ1) is 15.8. The highest BCUT2D eigenvalue weighted by molar-refractivity contribution is 5.99.